The summed E-state index contributed by atoms with van der Waals surface area (Å²) in [6, 6.07) is 3.76. The van der Waals surface area contributed by atoms with Gasteiger partial charge in [0.05, 0.1) is 6.61 Å². The molecule has 0 aromatic carbocycles. The number of rotatable bonds is 4. The molecule has 0 bridgehead atoms. The van der Waals surface area contributed by atoms with Gasteiger partial charge in [0, 0.05) is 6.20 Å². The van der Waals surface area contributed by atoms with E-state index < -0.39 is 0 Å². The summed E-state index contributed by atoms with van der Waals surface area (Å²) in [5.41, 5.74) is 0. The molecule has 0 radical (unpaired) electrons. The number of aromatic nitrogens is 1. The van der Waals surface area contributed by atoms with Gasteiger partial charge in [-0.2, -0.15) is 0 Å². The van der Waals surface area contributed by atoms with Gasteiger partial charge in [-0.1, -0.05) is 0 Å². The van der Waals surface area contributed by atoms with Crippen LogP contribution in [0.15, 0.2) is 18.3 Å². The van der Waals surface area contributed by atoms with E-state index in [0.29, 0.717) is 12.5 Å². The van der Waals surface area contributed by atoms with Crippen LogP contribution < -0.4 is 14.8 Å². The first-order valence-corrected chi connectivity index (χ1v) is 5.85. The molecule has 2 heterocycles. The van der Waals surface area contributed by atoms with E-state index in [4.69, 9.17) is 9.47 Å². The Balaban J connectivity index is 2.01. The third kappa shape index (κ3) is 2.85. The summed E-state index contributed by atoms with van der Waals surface area (Å²) in [4.78, 5) is 4.22. The Morgan fingerprint density at radius 3 is 3.00 bits per heavy atom. The van der Waals surface area contributed by atoms with Crippen LogP contribution in [0.1, 0.15) is 19.8 Å². The zero-order valence-electron chi connectivity index (χ0n) is 9.61. The zero-order chi connectivity index (χ0) is 11.2. The van der Waals surface area contributed by atoms with Gasteiger partial charge >= 0.3 is 0 Å². The molecular formula is C12H18N2O2. The predicted molar refractivity (Wildman–Crippen MR) is 61.9 cm³/mol. The minimum atomic E-state index is 0.260. The lowest BCUT2D eigenvalue weighted by Crippen LogP contribution is -2.34. The molecule has 88 valence electrons. The van der Waals surface area contributed by atoms with Gasteiger partial charge in [-0.05, 0) is 45.0 Å². The van der Waals surface area contributed by atoms with E-state index in [1.165, 1.54) is 0 Å². The molecule has 0 atom stereocenters. The average molecular weight is 222 g/mol. The Labute approximate surface area is 96.0 Å². The van der Waals surface area contributed by atoms with Crippen LogP contribution in [0.5, 0.6) is 11.6 Å². The Morgan fingerprint density at radius 2 is 2.25 bits per heavy atom. The molecule has 0 aliphatic carbocycles. The van der Waals surface area contributed by atoms with Gasteiger partial charge in [-0.15, -0.1) is 0 Å². The van der Waals surface area contributed by atoms with E-state index in [1.54, 1.807) is 6.20 Å². The summed E-state index contributed by atoms with van der Waals surface area (Å²) >= 11 is 0. The highest BCUT2D eigenvalue weighted by molar-refractivity contribution is 5.32. The maximum absolute atomic E-state index is 5.86. The molecule has 16 heavy (non-hydrogen) atoms. The van der Waals surface area contributed by atoms with Crippen LogP contribution in [-0.4, -0.2) is 30.8 Å². The quantitative estimate of drug-likeness (QED) is 0.840. The van der Waals surface area contributed by atoms with Crippen molar-refractivity contribution < 1.29 is 9.47 Å². The van der Waals surface area contributed by atoms with Crippen LogP contribution >= 0.6 is 0 Å². The van der Waals surface area contributed by atoms with E-state index in [-0.39, 0.29) is 6.10 Å². The number of nitrogens with zero attached hydrogens (tertiary/aromatic N) is 1. The number of hydrogen-bond donors (Lipinski definition) is 1. The van der Waals surface area contributed by atoms with Crippen molar-refractivity contribution in [1.82, 2.24) is 10.3 Å². The van der Waals surface area contributed by atoms with Crippen LogP contribution in [0, 0.1) is 0 Å². The summed E-state index contributed by atoms with van der Waals surface area (Å²) in [5, 5.41) is 3.31. The van der Waals surface area contributed by atoms with Gasteiger partial charge in [-0.25, -0.2) is 4.98 Å². The number of nitrogens with one attached hydrogen (secondary N) is 1. The molecule has 2 rings (SSSR count). The van der Waals surface area contributed by atoms with Crippen molar-refractivity contribution in [3.63, 3.8) is 0 Å². The maximum atomic E-state index is 5.86. The first-order valence-electron chi connectivity index (χ1n) is 5.85. The fourth-order valence-corrected chi connectivity index (χ4v) is 1.80. The van der Waals surface area contributed by atoms with Crippen molar-refractivity contribution in [2.24, 2.45) is 0 Å². The lowest BCUT2D eigenvalue weighted by Gasteiger charge is -2.23. The van der Waals surface area contributed by atoms with Gasteiger partial charge in [0.1, 0.15) is 6.10 Å². The third-order valence-electron chi connectivity index (χ3n) is 2.60. The van der Waals surface area contributed by atoms with Gasteiger partial charge in [0.15, 0.2) is 5.75 Å². The molecule has 4 heteroatoms. The Hall–Kier alpha value is -1.29. The summed E-state index contributed by atoms with van der Waals surface area (Å²) in [7, 11) is 0. The molecule has 1 aromatic heterocycles. The van der Waals surface area contributed by atoms with Crippen LogP contribution in [0.2, 0.25) is 0 Å². The fraction of sp³-hybridized carbons (Fsp3) is 0.583. The van der Waals surface area contributed by atoms with Crippen molar-refractivity contribution in [3.8, 4) is 11.6 Å². The van der Waals surface area contributed by atoms with Crippen LogP contribution in [-0.2, 0) is 0 Å². The van der Waals surface area contributed by atoms with E-state index in [2.05, 4.69) is 10.3 Å². The van der Waals surface area contributed by atoms with Gasteiger partial charge in [0.25, 0.3) is 5.88 Å². The Bertz CT molecular complexity index is 325. The van der Waals surface area contributed by atoms with E-state index in [9.17, 15) is 0 Å². The van der Waals surface area contributed by atoms with Crippen molar-refractivity contribution in [1.29, 1.82) is 0 Å². The maximum Gasteiger partial charge on any atom is 0.257 e. The fourth-order valence-electron chi connectivity index (χ4n) is 1.80. The van der Waals surface area contributed by atoms with Crippen LogP contribution in [0.4, 0.5) is 0 Å². The molecule has 0 unspecified atom stereocenters. The van der Waals surface area contributed by atoms with Crippen LogP contribution in [0.25, 0.3) is 0 Å². The SMILES string of the molecule is CCOc1cccnc1OC1CCNCC1. The number of ether oxygens (including phenoxy) is 2. The normalized spacial score (nSPS) is 17.1. The average Bonchev–Trinajstić information content (AvgIpc) is 2.33. The second-order valence-electron chi connectivity index (χ2n) is 3.81. The minimum absolute atomic E-state index is 0.260. The number of piperidine rings is 1. The summed E-state index contributed by atoms with van der Waals surface area (Å²) in [6.07, 6.45) is 4.05. The van der Waals surface area contributed by atoms with Gasteiger partial charge < -0.3 is 14.8 Å². The second kappa shape index (κ2) is 5.70. The highest BCUT2D eigenvalue weighted by Crippen LogP contribution is 2.25. The van der Waals surface area contributed by atoms with E-state index >= 15 is 0 Å². The zero-order valence-corrected chi connectivity index (χ0v) is 9.61. The van der Waals surface area contributed by atoms with Crippen LogP contribution in [0.3, 0.4) is 0 Å². The van der Waals surface area contributed by atoms with Crippen molar-refractivity contribution in [2.75, 3.05) is 19.7 Å². The molecule has 4 nitrogen and oxygen atoms in total. The molecule has 0 saturated carbocycles. The highest BCUT2D eigenvalue weighted by atomic mass is 16.5. The summed E-state index contributed by atoms with van der Waals surface area (Å²) in [5.74, 6) is 1.36. The molecular weight excluding hydrogens is 204 g/mol. The van der Waals surface area contributed by atoms with E-state index in [1.807, 2.05) is 19.1 Å². The summed E-state index contributed by atoms with van der Waals surface area (Å²) < 4.78 is 11.3. The molecule has 1 fully saturated rings. The second-order valence-corrected chi connectivity index (χ2v) is 3.81. The number of pyridine rings is 1. The standard InChI is InChI=1S/C12H18N2O2/c1-2-15-11-4-3-7-14-12(11)16-10-5-8-13-9-6-10/h3-4,7,10,13H,2,5-6,8-9H2,1H3. The number of hydrogen-bond acceptors (Lipinski definition) is 4. The van der Waals surface area contributed by atoms with Crippen molar-refractivity contribution in [2.45, 2.75) is 25.9 Å². The minimum Gasteiger partial charge on any atom is -0.488 e. The topological polar surface area (TPSA) is 43.4 Å². The third-order valence-corrected chi connectivity index (χ3v) is 2.60. The van der Waals surface area contributed by atoms with E-state index in [0.717, 1.165) is 31.7 Å². The predicted octanol–water partition coefficient (Wildman–Crippen LogP) is 1.61. The van der Waals surface area contributed by atoms with Crippen molar-refractivity contribution >= 4 is 0 Å². The molecule has 0 spiro atoms. The molecule has 0 amide bonds. The smallest absolute Gasteiger partial charge is 0.257 e. The Kier molecular flexibility index (Phi) is 3.99. The van der Waals surface area contributed by atoms with Gasteiger partial charge in [0.2, 0.25) is 0 Å². The molecule has 1 saturated heterocycles. The first-order chi connectivity index (χ1) is 7.90. The highest BCUT2D eigenvalue weighted by Gasteiger charge is 2.17. The summed E-state index contributed by atoms with van der Waals surface area (Å²) in [6.45, 7) is 4.62. The molecule has 1 aliphatic heterocycles. The molecule has 1 aliphatic rings. The molecule has 1 N–H and O–H groups in total. The lowest BCUT2D eigenvalue weighted by molar-refractivity contribution is 0.148. The van der Waals surface area contributed by atoms with Gasteiger partial charge in [-0.3, -0.25) is 0 Å². The van der Waals surface area contributed by atoms with Crippen molar-refractivity contribution in [3.05, 3.63) is 18.3 Å². The monoisotopic (exact) mass is 222 g/mol. The largest absolute Gasteiger partial charge is 0.488 e. The Morgan fingerprint density at radius 1 is 1.44 bits per heavy atom. The molecule has 1 aromatic rings. The lowest BCUT2D eigenvalue weighted by atomic mass is 10.1. The first kappa shape index (κ1) is 11.2.